The summed E-state index contributed by atoms with van der Waals surface area (Å²) in [6, 6.07) is 21.3. The van der Waals surface area contributed by atoms with Gasteiger partial charge < -0.3 is 4.74 Å². The molecule has 1 aromatic heterocycles. The Kier molecular flexibility index (Phi) is 4.48. The lowest BCUT2D eigenvalue weighted by molar-refractivity contribution is 0.101. The number of pyridine rings is 1. The van der Waals surface area contributed by atoms with Crippen molar-refractivity contribution < 1.29 is 9.53 Å². The van der Waals surface area contributed by atoms with Crippen molar-refractivity contribution >= 4 is 5.78 Å². The summed E-state index contributed by atoms with van der Waals surface area (Å²) in [4.78, 5) is 16.1. The van der Waals surface area contributed by atoms with Gasteiger partial charge in [0, 0.05) is 12.3 Å². The van der Waals surface area contributed by atoms with Crippen molar-refractivity contribution in [1.29, 1.82) is 0 Å². The van der Waals surface area contributed by atoms with Gasteiger partial charge in [-0.2, -0.15) is 0 Å². The van der Waals surface area contributed by atoms with Gasteiger partial charge in [0.2, 0.25) is 5.88 Å². The number of aromatic nitrogens is 1. The lowest BCUT2D eigenvalue weighted by Crippen LogP contribution is -2.00. The minimum Gasteiger partial charge on any atom is -0.438 e. The zero-order valence-corrected chi connectivity index (χ0v) is 12.9. The van der Waals surface area contributed by atoms with Crippen LogP contribution in [0.5, 0.6) is 11.6 Å². The van der Waals surface area contributed by atoms with Gasteiger partial charge in [-0.15, -0.1) is 0 Å². The smallest absolute Gasteiger partial charge is 0.219 e. The molecule has 1 heterocycles. The van der Waals surface area contributed by atoms with E-state index < -0.39 is 0 Å². The van der Waals surface area contributed by atoms with Crippen LogP contribution in [-0.2, 0) is 6.42 Å². The number of Topliss-reactive ketones (excluding diaryl/α,β-unsaturated/α-hetero) is 1. The summed E-state index contributed by atoms with van der Waals surface area (Å²) in [5, 5.41) is 0. The molecule has 3 rings (SSSR count). The number of nitrogens with zero attached hydrogens (tertiary/aromatic N) is 1. The quantitative estimate of drug-likeness (QED) is 0.643. The van der Waals surface area contributed by atoms with Gasteiger partial charge in [0.25, 0.3) is 0 Å². The summed E-state index contributed by atoms with van der Waals surface area (Å²) in [6.07, 6.45) is 2.44. The van der Waals surface area contributed by atoms with Crippen LogP contribution in [-0.4, -0.2) is 10.8 Å². The highest BCUT2D eigenvalue weighted by Crippen LogP contribution is 2.26. The molecule has 23 heavy (non-hydrogen) atoms. The number of ketones is 1. The van der Waals surface area contributed by atoms with Gasteiger partial charge in [0.15, 0.2) is 5.78 Å². The van der Waals surface area contributed by atoms with E-state index in [4.69, 9.17) is 4.74 Å². The van der Waals surface area contributed by atoms with Crippen molar-refractivity contribution in [2.24, 2.45) is 0 Å². The van der Waals surface area contributed by atoms with Crippen molar-refractivity contribution in [3.8, 4) is 11.6 Å². The number of ether oxygens (including phenoxy) is 1. The summed E-state index contributed by atoms with van der Waals surface area (Å²) in [7, 11) is 0. The number of benzene rings is 2. The Balaban J connectivity index is 1.88. The maximum atomic E-state index is 12.0. The molecule has 0 aliphatic rings. The van der Waals surface area contributed by atoms with Crippen LogP contribution in [0.4, 0.5) is 0 Å². The normalized spacial score (nSPS) is 10.3. The first-order valence-corrected chi connectivity index (χ1v) is 7.49. The molecule has 0 saturated carbocycles. The minimum absolute atomic E-state index is 0.0224. The van der Waals surface area contributed by atoms with Crippen LogP contribution in [0.25, 0.3) is 0 Å². The topological polar surface area (TPSA) is 39.2 Å². The molecule has 0 atom stereocenters. The maximum absolute atomic E-state index is 12.0. The largest absolute Gasteiger partial charge is 0.438 e. The second kappa shape index (κ2) is 6.88. The van der Waals surface area contributed by atoms with E-state index in [9.17, 15) is 4.79 Å². The third-order valence-electron chi connectivity index (χ3n) is 3.53. The van der Waals surface area contributed by atoms with Crippen molar-refractivity contribution in [3.63, 3.8) is 0 Å². The Morgan fingerprint density at radius 2 is 1.74 bits per heavy atom. The number of carbonyl (C=O) groups excluding carboxylic acids is 1. The second-order valence-corrected chi connectivity index (χ2v) is 5.32. The number of hydrogen-bond acceptors (Lipinski definition) is 3. The van der Waals surface area contributed by atoms with Crippen molar-refractivity contribution in [2.45, 2.75) is 13.3 Å². The fourth-order valence-electron chi connectivity index (χ4n) is 2.40. The number of hydrogen-bond donors (Lipinski definition) is 0. The molecule has 0 spiro atoms. The Morgan fingerprint density at radius 1 is 0.957 bits per heavy atom. The van der Waals surface area contributed by atoms with Gasteiger partial charge in [-0.1, -0.05) is 42.5 Å². The predicted molar refractivity (Wildman–Crippen MR) is 90.0 cm³/mol. The molecule has 2 aromatic carbocycles. The Labute approximate surface area is 135 Å². The van der Waals surface area contributed by atoms with Gasteiger partial charge in [0.05, 0.1) is 5.56 Å². The number of carbonyl (C=O) groups is 1. The van der Waals surface area contributed by atoms with Gasteiger partial charge >= 0.3 is 0 Å². The van der Waals surface area contributed by atoms with Crippen molar-refractivity contribution in [2.75, 3.05) is 0 Å². The SMILES string of the molecule is CC(=O)c1cc(Cc2ccccc2)ccc1Oc1ccccn1. The molecule has 3 heteroatoms. The van der Waals surface area contributed by atoms with Gasteiger partial charge in [-0.25, -0.2) is 4.98 Å². The van der Waals surface area contributed by atoms with E-state index in [1.807, 2.05) is 48.5 Å². The fourth-order valence-corrected chi connectivity index (χ4v) is 2.40. The molecule has 0 aliphatic heterocycles. The van der Waals surface area contributed by atoms with Crippen LogP contribution < -0.4 is 4.74 Å². The lowest BCUT2D eigenvalue weighted by Gasteiger charge is -2.11. The van der Waals surface area contributed by atoms with E-state index in [0.29, 0.717) is 17.2 Å². The zero-order chi connectivity index (χ0) is 16.1. The second-order valence-electron chi connectivity index (χ2n) is 5.32. The van der Waals surface area contributed by atoms with E-state index in [2.05, 4.69) is 17.1 Å². The van der Waals surface area contributed by atoms with E-state index >= 15 is 0 Å². The molecule has 0 bridgehead atoms. The fraction of sp³-hybridized carbons (Fsp3) is 0.100. The molecule has 0 fully saturated rings. The van der Waals surface area contributed by atoms with Crippen LogP contribution in [0, 0.1) is 0 Å². The molecule has 0 saturated heterocycles. The van der Waals surface area contributed by atoms with Gasteiger partial charge in [-0.3, -0.25) is 4.79 Å². The van der Waals surface area contributed by atoms with E-state index in [1.165, 1.54) is 5.56 Å². The summed E-state index contributed by atoms with van der Waals surface area (Å²) >= 11 is 0. The average molecular weight is 303 g/mol. The molecule has 0 radical (unpaired) electrons. The molecule has 0 aliphatic carbocycles. The molecular formula is C20H17NO2. The molecule has 114 valence electrons. The van der Waals surface area contributed by atoms with Crippen LogP contribution in [0.2, 0.25) is 0 Å². The summed E-state index contributed by atoms with van der Waals surface area (Å²) in [5.41, 5.74) is 2.86. The Morgan fingerprint density at radius 3 is 2.43 bits per heavy atom. The Hall–Kier alpha value is -2.94. The highest BCUT2D eigenvalue weighted by Gasteiger charge is 2.11. The molecule has 0 unspecified atom stereocenters. The van der Waals surface area contributed by atoms with Crippen molar-refractivity contribution in [1.82, 2.24) is 4.98 Å². The van der Waals surface area contributed by atoms with Crippen LogP contribution >= 0.6 is 0 Å². The Bertz CT molecular complexity index is 798. The summed E-state index contributed by atoms with van der Waals surface area (Å²) in [6.45, 7) is 1.55. The van der Waals surface area contributed by atoms with Crippen LogP contribution in [0.1, 0.15) is 28.4 Å². The molecule has 0 N–H and O–H groups in total. The minimum atomic E-state index is -0.0224. The first-order chi connectivity index (χ1) is 11.2. The monoisotopic (exact) mass is 303 g/mol. The van der Waals surface area contributed by atoms with E-state index in [1.54, 1.807) is 19.2 Å². The van der Waals surface area contributed by atoms with E-state index in [0.717, 1.165) is 12.0 Å². The van der Waals surface area contributed by atoms with E-state index in [-0.39, 0.29) is 5.78 Å². The predicted octanol–water partition coefficient (Wildman–Crippen LogP) is 4.67. The van der Waals surface area contributed by atoms with Crippen LogP contribution in [0.15, 0.2) is 72.9 Å². The highest BCUT2D eigenvalue weighted by molar-refractivity contribution is 5.97. The molecule has 3 aromatic rings. The summed E-state index contributed by atoms with van der Waals surface area (Å²) < 4.78 is 5.74. The third kappa shape index (κ3) is 3.83. The first kappa shape index (κ1) is 15.0. The van der Waals surface area contributed by atoms with Crippen molar-refractivity contribution in [3.05, 3.63) is 89.6 Å². The van der Waals surface area contributed by atoms with Gasteiger partial charge in [0.1, 0.15) is 5.75 Å². The first-order valence-electron chi connectivity index (χ1n) is 7.49. The maximum Gasteiger partial charge on any atom is 0.219 e. The summed E-state index contributed by atoms with van der Waals surface area (Å²) in [5.74, 6) is 0.990. The third-order valence-corrected chi connectivity index (χ3v) is 3.53. The van der Waals surface area contributed by atoms with Gasteiger partial charge in [-0.05, 0) is 42.7 Å². The molecule has 0 amide bonds. The lowest BCUT2D eigenvalue weighted by atomic mass is 10.0. The zero-order valence-electron chi connectivity index (χ0n) is 12.9. The highest BCUT2D eigenvalue weighted by atomic mass is 16.5. The molecule has 3 nitrogen and oxygen atoms in total. The number of rotatable bonds is 5. The average Bonchev–Trinajstić information content (AvgIpc) is 2.58. The molecular weight excluding hydrogens is 286 g/mol. The van der Waals surface area contributed by atoms with Crippen LogP contribution in [0.3, 0.4) is 0 Å². The standard InChI is InChI=1S/C20H17NO2/c1-15(22)18-14-17(13-16-7-3-2-4-8-16)10-11-19(18)23-20-9-5-6-12-21-20/h2-12,14H,13H2,1H3.